The van der Waals surface area contributed by atoms with Gasteiger partial charge in [-0.3, -0.25) is 28.8 Å². The maximum absolute atomic E-state index is 14.4. The number of benzene rings is 2. The van der Waals surface area contributed by atoms with Gasteiger partial charge in [0.25, 0.3) is 11.5 Å². The molecule has 2 N–H and O–H groups in total. The standard InChI is InChI=1S/C68H99N7O19Si.C17H21NO2.CH4.BrH.Cu/c1-9-55-56-42-54(94-95(7,8)67(4,5)6)21-22-60(56)73-62-57(55)44-75-61(62)43-59-58(64(75)79)48-91-65(80)68(59,10-2)93-66(81)92-45-49-17-19-51(20-18-49)72-63(78)50(15-12-13-23-70-11-3)41-53(77)47-90-46-52(76)16-14-25-82-27-29-84-31-33-86-35-37-88-39-40-89-38-36-87-34-32-85-30-28-83-26-24-71-74-69;1-3-4-5-16(19)15-9-7-14(8-10-15)12-18-13(2)6-11-17(18)20;;;/h17-22,42-43,50,70H,9-16,23-41,44-48H2,1-8H3,(H,72,78);1,6,11,14-15H,2,4-5,7-10,12H2;1H4;1H;/q;;;;+1/p-1/i3T;;;;. The van der Waals surface area contributed by atoms with Crippen LogP contribution in [0.25, 0.3) is 32.7 Å². The number of aryl methyl sites for hydroxylation is 1. The number of allylic oxidation sites excluding steroid dienone is 1. The first-order valence-electron chi connectivity index (χ1n) is 41.0. The number of pyridine rings is 2. The molecule has 4 aromatic rings. The van der Waals surface area contributed by atoms with Gasteiger partial charge in [-0.2, -0.15) is 0 Å². The number of nitrogens with zero attached hydrogens (tertiary/aromatic N) is 6. The van der Waals surface area contributed by atoms with E-state index in [4.69, 9.17) is 79.6 Å². The molecule has 0 radical (unpaired) electrons. The quantitative estimate of drug-likeness (QED) is 0.00694. The van der Waals surface area contributed by atoms with Gasteiger partial charge in [0.2, 0.25) is 19.8 Å². The molecule has 2 aromatic carbocycles. The van der Waals surface area contributed by atoms with Crippen LogP contribution in [0.5, 0.6) is 5.75 Å². The molecule has 8 rings (SSSR count). The van der Waals surface area contributed by atoms with Crippen LogP contribution in [-0.4, -0.2) is 209 Å². The van der Waals surface area contributed by atoms with Gasteiger partial charge in [-0.05, 0) is 154 Å². The van der Waals surface area contributed by atoms with Crippen LogP contribution in [0.2, 0.25) is 18.1 Å². The van der Waals surface area contributed by atoms with E-state index in [0.717, 1.165) is 72.1 Å². The molecule has 1 saturated carbocycles. The summed E-state index contributed by atoms with van der Waals surface area (Å²) in [6.45, 7) is 26.8. The Bertz CT molecular complexity index is 4050. The number of ketones is 3. The molecule has 118 heavy (non-hydrogen) atoms. The Balaban J connectivity index is 0.000000945. The average molecular weight is 1780 g/mol. The fourth-order valence-corrected chi connectivity index (χ4v) is 14.4. The summed E-state index contributed by atoms with van der Waals surface area (Å²) < 4.78 is 82.0. The Morgan fingerprint density at radius 3 is 1.98 bits per heavy atom. The molecule has 2 atom stereocenters. The second-order valence-corrected chi connectivity index (χ2v) is 34.8. The summed E-state index contributed by atoms with van der Waals surface area (Å²) in [7, 11) is -2.15. The van der Waals surface area contributed by atoms with Crippen LogP contribution in [0.4, 0.5) is 10.5 Å². The number of unbranched alkanes of at least 4 members (excludes halogenated alkanes) is 1. The molecular formula is C86H124BrCuN8O21Si. The summed E-state index contributed by atoms with van der Waals surface area (Å²) in [5.74, 6) is 1.88. The van der Waals surface area contributed by atoms with E-state index in [2.05, 4.69) is 102 Å². The van der Waals surface area contributed by atoms with Crippen LogP contribution in [-0.2, 0) is 132 Å². The maximum atomic E-state index is 14.4. The zero-order chi connectivity index (χ0) is 85.7. The van der Waals surface area contributed by atoms with Gasteiger partial charge in [0.05, 0.1) is 128 Å². The first-order valence-corrected chi connectivity index (χ1v) is 45.6. The predicted molar refractivity (Wildman–Crippen MR) is 451 cm³/mol. The Morgan fingerprint density at radius 1 is 0.805 bits per heavy atom. The molecule has 1 aliphatic carbocycles. The van der Waals surface area contributed by atoms with Gasteiger partial charge in [-0.1, -0.05) is 79.2 Å². The van der Waals surface area contributed by atoms with Crippen molar-refractivity contribution in [3.05, 3.63) is 122 Å². The van der Waals surface area contributed by atoms with E-state index < -0.39 is 32.0 Å². The Hall–Kier alpha value is -7.54. The second-order valence-electron chi connectivity index (χ2n) is 30.0. The van der Waals surface area contributed by atoms with Crippen LogP contribution < -0.4 is 20.6 Å². The number of cyclic esters (lactones) is 1. The van der Waals surface area contributed by atoms with Crippen molar-refractivity contribution in [3.63, 3.8) is 0 Å². The molecule has 29 nitrogen and oxygen atoms in total. The second kappa shape index (κ2) is 54.7. The molecule has 0 saturated heterocycles. The number of fused-ring (bicyclic) bond motifs is 5. The number of carbonyl (C=O) groups excluding carboxylic acids is 7. The summed E-state index contributed by atoms with van der Waals surface area (Å²) in [5, 5.41) is 10.4. The van der Waals surface area contributed by atoms with E-state index in [1.54, 1.807) is 58.9 Å². The molecule has 5 heterocycles. The molecule has 1 fully saturated rings. The molecular weight excluding hydrogens is 1650 g/mol. The average Bonchev–Trinajstić information content (AvgIpc) is 1.59. The molecule has 2 amide bonds. The monoisotopic (exact) mass is 1780 g/mol. The predicted octanol–water partition coefficient (Wildman–Crippen LogP) is 13.7. The summed E-state index contributed by atoms with van der Waals surface area (Å²) in [4.78, 5) is 114. The zero-order valence-corrected chi connectivity index (χ0v) is 72.5. The molecule has 0 bridgehead atoms. The van der Waals surface area contributed by atoms with Gasteiger partial charge in [-0.15, -0.1) is 12.3 Å². The van der Waals surface area contributed by atoms with E-state index in [0.29, 0.717) is 198 Å². The number of nitrogens with one attached hydrogen (secondary N) is 2. The van der Waals surface area contributed by atoms with Crippen LogP contribution in [0, 0.1) is 30.1 Å². The molecule has 4 aliphatic rings. The van der Waals surface area contributed by atoms with Crippen molar-refractivity contribution < 1.29 is 110 Å². The molecule has 2 unspecified atom stereocenters. The summed E-state index contributed by atoms with van der Waals surface area (Å²) in [6.07, 6.45) is 15.2. The number of aromatic nitrogens is 2. The number of Topliss-reactive ketones (excluding diaryl/α,β-unsaturated/α-hetero) is 3. The Morgan fingerprint density at radius 2 is 1.42 bits per heavy atom. The van der Waals surface area contributed by atoms with Crippen molar-refractivity contribution in [2.45, 2.75) is 182 Å². The fourth-order valence-electron chi connectivity index (χ4n) is 13.4. The van der Waals surface area contributed by atoms with Crippen LogP contribution in [0.1, 0.15) is 162 Å². The number of terminal acetylenes is 1. The third-order valence-electron chi connectivity index (χ3n) is 20.9. The van der Waals surface area contributed by atoms with E-state index in [-0.39, 0.29) is 118 Å². The minimum atomic E-state index is -2.15. The Kier molecular flexibility index (Phi) is 46.0. The summed E-state index contributed by atoms with van der Waals surface area (Å²) in [6, 6.07) is 14.2. The number of carbonyl (C=O) groups is 7. The van der Waals surface area contributed by atoms with Gasteiger partial charge < -0.3 is 81.4 Å². The number of anilines is 1. The number of hydrogen-bond donors (Lipinski definition) is 2. The number of ether oxygens (including phenoxy) is 12. The van der Waals surface area contributed by atoms with Crippen LogP contribution >= 0.6 is 14.1 Å². The van der Waals surface area contributed by atoms with Crippen molar-refractivity contribution in [3.8, 4) is 29.5 Å². The summed E-state index contributed by atoms with van der Waals surface area (Å²) >= 11 is 6.50. The number of amides is 2. The normalized spacial score (nSPS) is 16.3. The van der Waals surface area contributed by atoms with Gasteiger partial charge in [-0.25, -0.2) is 14.6 Å². The Labute approximate surface area is 713 Å². The number of hydrogen-bond acceptors (Lipinski definition) is 24. The minimum absolute atomic E-state index is 0. The van der Waals surface area contributed by atoms with E-state index in [9.17, 15) is 38.4 Å². The summed E-state index contributed by atoms with van der Waals surface area (Å²) in [5.41, 5.74) is 11.8. The molecule has 2 aromatic heterocycles. The van der Waals surface area contributed by atoms with Crippen molar-refractivity contribution >= 4 is 80.3 Å². The number of esters is 1. The van der Waals surface area contributed by atoms with Crippen LogP contribution in [0.15, 0.2) is 82.9 Å². The van der Waals surface area contributed by atoms with Crippen LogP contribution in [0.3, 0.4) is 0 Å². The van der Waals surface area contributed by atoms with Gasteiger partial charge in [0.1, 0.15) is 38.0 Å². The van der Waals surface area contributed by atoms with Crippen molar-refractivity contribution in [1.29, 1.82) is 0 Å². The number of halogens is 1. The van der Waals surface area contributed by atoms with E-state index in [1.165, 1.54) is 0 Å². The molecule has 656 valence electrons. The number of rotatable bonds is 54. The molecule has 32 heteroatoms. The number of azide groups is 1. The van der Waals surface area contributed by atoms with Gasteiger partial charge in [0, 0.05) is 97.5 Å². The molecule has 3 aliphatic heterocycles. The first-order chi connectivity index (χ1) is 57.0. The zero-order valence-electron chi connectivity index (χ0n) is 70.0. The topological polar surface area (TPSA) is 350 Å². The fraction of sp³-hybridized carbons (Fsp3) is 0.616. The van der Waals surface area contributed by atoms with E-state index in [1.807, 2.05) is 18.2 Å². The third-order valence-corrected chi connectivity index (χ3v) is 25.2. The van der Waals surface area contributed by atoms with Gasteiger partial charge >= 0.3 is 40.4 Å². The molecule has 0 spiro atoms. The van der Waals surface area contributed by atoms with Crippen molar-refractivity contribution in [2.75, 3.05) is 150 Å². The SMILES string of the molecule is C.C#CCCC(=O)C1CCC(CN2C(=C)C=CC2=O)CC1.[3H]CCNCCCCC(CC(=O)COCC(=O)CCCOCCOCCOCCOCCOCCOCCOCCOCCN=[N+]=[N-])C(=O)Nc1ccc(COC(=O)OC2(CC)C(=O)OCc3c2cc2n(c3=O)Cc3c-2nc2ccc(O[Si](C)(C)C(C)(C)C)cc2c3CC)cc1.[Cu][Br]. The van der Waals surface area contributed by atoms with E-state index >= 15 is 0 Å². The van der Waals surface area contributed by atoms with Gasteiger partial charge in [0.15, 0.2) is 11.6 Å². The first kappa shape index (κ1) is 99.3. The van der Waals surface area contributed by atoms with Crippen molar-refractivity contribution in [2.24, 2.45) is 22.9 Å². The third kappa shape index (κ3) is 32.8. The van der Waals surface area contributed by atoms with Crippen molar-refractivity contribution in [1.82, 2.24) is 19.8 Å².